The van der Waals surface area contributed by atoms with E-state index in [4.69, 9.17) is 13.8 Å². The molecule has 1 amide bonds. The zero-order valence-corrected chi connectivity index (χ0v) is 19.0. The molecule has 1 unspecified atom stereocenters. The molecule has 2 aromatic carbocycles. The Morgan fingerprint density at radius 2 is 1.94 bits per heavy atom. The molecular weight excluding hydrogens is 432 g/mol. The van der Waals surface area contributed by atoms with E-state index in [1.54, 1.807) is 25.3 Å². The van der Waals surface area contributed by atoms with Crippen molar-refractivity contribution in [3.05, 3.63) is 95.0 Å². The number of carbonyl (C=O) groups excluding carboxylic acids is 1. The second-order valence-corrected chi connectivity index (χ2v) is 8.50. The van der Waals surface area contributed by atoms with Crippen molar-refractivity contribution in [1.82, 2.24) is 20.2 Å². The third-order valence-electron chi connectivity index (χ3n) is 6.08. The van der Waals surface area contributed by atoms with Crippen molar-refractivity contribution in [3.8, 4) is 5.75 Å². The van der Waals surface area contributed by atoms with Crippen LogP contribution in [0.4, 0.5) is 0 Å². The van der Waals surface area contributed by atoms with Gasteiger partial charge in [0, 0.05) is 19.5 Å². The van der Waals surface area contributed by atoms with Crippen LogP contribution in [0.3, 0.4) is 0 Å². The van der Waals surface area contributed by atoms with Gasteiger partial charge < -0.3 is 14.1 Å². The fourth-order valence-electron chi connectivity index (χ4n) is 4.22. The van der Waals surface area contributed by atoms with Crippen LogP contribution in [-0.4, -0.2) is 39.2 Å². The molecule has 0 spiro atoms. The molecule has 1 aliphatic heterocycles. The van der Waals surface area contributed by atoms with Gasteiger partial charge in [-0.15, -0.1) is 0 Å². The number of hydrogen-bond donors (Lipinski definition) is 0. The third-order valence-corrected chi connectivity index (χ3v) is 6.08. The molecule has 0 aliphatic carbocycles. The van der Waals surface area contributed by atoms with Crippen LogP contribution in [0.2, 0.25) is 0 Å². The Balaban J connectivity index is 1.26. The van der Waals surface area contributed by atoms with E-state index in [9.17, 15) is 4.79 Å². The van der Waals surface area contributed by atoms with Gasteiger partial charge in [0.2, 0.25) is 0 Å². The highest BCUT2D eigenvalue weighted by Crippen LogP contribution is 2.30. The van der Waals surface area contributed by atoms with E-state index in [1.165, 1.54) is 5.56 Å². The molecule has 2 aromatic heterocycles. The van der Waals surface area contributed by atoms with Gasteiger partial charge in [-0.2, -0.15) is 0 Å². The van der Waals surface area contributed by atoms with Gasteiger partial charge in [-0.3, -0.25) is 4.79 Å². The van der Waals surface area contributed by atoms with Crippen LogP contribution in [0.25, 0.3) is 0 Å². The van der Waals surface area contributed by atoms with Gasteiger partial charge >= 0.3 is 0 Å². The fraction of sp³-hybridized carbons (Fsp3) is 0.308. The van der Waals surface area contributed by atoms with Gasteiger partial charge in [-0.1, -0.05) is 52.8 Å². The summed E-state index contributed by atoms with van der Waals surface area (Å²) in [5.41, 5.74) is 2.98. The van der Waals surface area contributed by atoms with E-state index < -0.39 is 0 Å². The lowest BCUT2D eigenvalue weighted by Crippen LogP contribution is -2.39. The van der Waals surface area contributed by atoms with Gasteiger partial charge in [0.25, 0.3) is 5.91 Å². The number of para-hydroxylation sites is 1. The predicted octanol–water partition coefficient (Wildman–Crippen LogP) is 4.56. The highest BCUT2D eigenvalue weighted by molar-refractivity contribution is 5.97. The molecule has 8 heteroatoms. The van der Waals surface area contributed by atoms with Crippen LogP contribution in [0.1, 0.15) is 57.7 Å². The van der Waals surface area contributed by atoms with Crippen LogP contribution in [0.5, 0.6) is 5.75 Å². The molecule has 0 saturated carbocycles. The highest BCUT2D eigenvalue weighted by Gasteiger charge is 2.29. The van der Waals surface area contributed by atoms with E-state index >= 15 is 0 Å². The number of rotatable bonds is 7. The summed E-state index contributed by atoms with van der Waals surface area (Å²) >= 11 is 0. The quantitative estimate of drug-likeness (QED) is 0.401. The highest BCUT2D eigenvalue weighted by atomic mass is 16.6. The maximum atomic E-state index is 13.4. The standard InChI is InChI=1S/C26H26N4O4/c1-18-23(29-34-28-18)17-32-24-12-6-5-11-22(24)26(31)30-13-7-10-20(16-30)25-27-15-21(33-25)14-19-8-3-2-4-9-19/h2-6,8-9,11-12,15,20H,7,10,13-14,16-17H2,1H3. The molecule has 34 heavy (non-hydrogen) atoms. The van der Waals surface area contributed by atoms with Crippen molar-refractivity contribution in [3.63, 3.8) is 0 Å². The van der Waals surface area contributed by atoms with E-state index in [0.717, 1.165) is 18.6 Å². The average molecular weight is 459 g/mol. The maximum absolute atomic E-state index is 13.4. The molecular formula is C26H26N4O4. The summed E-state index contributed by atoms with van der Waals surface area (Å²) in [5, 5.41) is 7.61. The van der Waals surface area contributed by atoms with Crippen LogP contribution >= 0.6 is 0 Å². The second kappa shape index (κ2) is 9.91. The van der Waals surface area contributed by atoms with E-state index in [0.29, 0.717) is 48.1 Å². The van der Waals surface area contributed by atoms with Gasteiger partial charge in [-0.05, 0) is 37.5 Å². The van der Waals surface area contributed by atoms with Crippen molar-refractivity contribution in [2.45, 2.75) is 38.7 Å². The number of piperidine rings is 1. The minimum atomic E-state index is -0.0636. The normalized spacial score (nSPS) is 15.9. The number of carbonyl (C=O) groups is 1. The smallest absolute Gasteiger partial charge is 0.257 e. The van der Waals surface area contributed by atoms with Crippen molar-refractivity contribution < 1.29 is 18.6 Å². The van der Waals surface area contributed by atoms with Gasteiger partial charge in [0.05, 0.1) is 17.7 Å². The zero-order valence-electron chi connectivity index (χ0n) is 19.0. The van der Waals surface area contributed by atoms with Crippen molar-refractivity contribution in [2.24, 2.45) is 0 Å². The topological polar surface area (TPSA) is 94.5 Å². The zero-order chi connectivity index (χ0) is 23.3. The molecule has 1 aliphatic rings. The molecule has 1 atom stereocenters. The molecule has 5 rings (SSSR count). The number of hydrogen-bond acceptors (Lipinski definition) is 7. The first-order chi connectivity index (χ1) is 16.7. The Kier molecular flexibility index (Phi) is 6.38. The van der Waals surface area contributed by atoms with E-state index in [2.05, 4.69) is 27.4 Å². The maximum Gasteiger partial charge on any atom is 0.257 e. The lowest BCUT2D eigenvalue weighted by molar-refractivity contribution is 0.0693. The Labute approximate surface area is 197 Å². The lowest BCUT2D eigenvalue weighted by atomic mass is 9.97. The van der Waals surface area contributed by atoms with Crippen molar-refractivity contribution in [2.75, 3.05) is 13.1 Å². The SMILES string of the molecule is Cc1nonc1COc1ccccc1C(=O)N1CCCC(c2ncc(Cc3ccccc3)o2)C1. The summed E-state index contributed by atoms with van der Waals surface area (Å²) in [6.07, 6.45) is 4.33. The largest absolute Gasteiger partial charge is 0.486 e. The molecule has 0 N–H and O–H groups in total. The summed E-state index contributed by atoms with van der Waals surface area (Å²) in [4.78, 5) is 19.8. The first-order valence-corrected chi connectivity index (χ1v) is 11.4. The minimum Gasteiger partial charge on any atom is -0.486 e. The lowest BCUT2D eigenvalue weighted by Gasteiger charge is -2.31. The molecule has 0 bridgehead atoms. The summed E-state index contributed by atoms with van der Waals surface area (Å²) in [6.45, 7) is 3.23. The van der Waals surface area contributed by atoms with Crippen LogP contribution < -0.4 is 4.74 Å². The number of nitrogens with zero attached hydrogens (tertiary/aromatic N) is 4. The summed E-state index contributed by atoms with van der Waals surface area (Å²) in [6, 6.07) is 17.4. The number of oxazole rings is 1. The molecule has 174 valence electrons. The number of aromatic nitrogens is 3. The molecule has 4 aromatic rings. The van der Waals surface area contributed by atoms with Gasteiger partial charge in [-0.25, -0.2) is 9.61 Å². The summed E-state index contributed by atoms with van der Waals surface area (Å²) < 4.78 is 16.7. The molecule has 1 fully saturated rings. The van der Waals surface area contributed by atoms with E-state index in [1.807, 2.05) is 35.2 Å². The summed E-state index contributed by atoms with van der Waals surface area (Å²) in [5.74, 6) is 2.05. The number of likely N-dealkylation sites (tertiary alicyclic amines) is 1. The Morgan fingerprint density at radius 3 is 2.76 bits per heavy atom. The first-order valence-electron chi connectivity index (χ1n) is 11.4. The Hall–Kier alpha value is -3.94. The molecule has 8 nitrogen and oxygen atoms in total. The molecule has 1 saturated heterocycles. The predicted molar refractivity (Wildman–Crippen MR) is 123 cm³/mol. The number of aryl methyl sites for hydroxylation is 1. The van der Waals surface area contributed by atoms with Gasteiger partial charge in [0.15, 0.2) is 5.89 Å². The monoisotopic (exact) mass is 458 g/mol. The van der Waals surface area contributed by atoms with Crippen molar-refractivity contribution >= 4 is 5.91 Å². The van der Waals surface area contributed by atoms with Crippen molar-refractivity contribution in [1.29, 1.82) is 0 Å². The minimum absolute atomic E-state index is 0.0636. The number of amides is 1. The molecule has 3 heterocycles. The Bertz CT molecular complexity index is 1250. The number of ether oxygens (including phenoxy) is 1. The van der Waals surface area contributed by atoms with Crippen LogP contribution in [0.15, 0.2) is 69.8 Å². The first kappa shape index (κ1) is 21.9. The molecule has 0 radical (unpaired) electrons. The fourth-order valence-corrected chi connectivity index (χ4v) is 4.22. The second-order valence-electron chi connectivity index (χ2n) is 8.50. The van der Waals surface area contributed by atoms with Crippen LogP contribution in [0, 0.1) is 6.92 Å². The Morgan fingerprint density at radius 1 is 1.12 bits per heavy atom. The number of benzene rings is 2. The van der Waals surface area contributed by atoms with Gasteiger partial charge in [0.1, 0.15) is 29.5 Å². The third kappa shape index (κ3) is 4.85. The summed E-state index contributed by atoms with van der Waals surface area (Å²) in [7, 11) is 0. The van der Waals surface area contributed by atoms with E-state index in [-0.39, 0.29) is 18.4 Å². The average Bonchev–Trinajstić information content (AvgIpc) is 3.52. The van der Waals surface area contributed by atoms with Crippen LogP contribution in [-0.2, 0) is 13.0 Å².